The molecule has 17 heavy (non-hydrogen) atoms. The van der Waals surface area contributed by atoms with Gasteiger partial charge in [0.05, 0.1) is 6.04 Å². The van der Waals surface area contributed by atoms with E-state index in [9.17, 15) is 9.59 Å². The minimum atomic E-state index is -0.455. The van der Waals surface area contributed by atoms with Crippen LogP contribution in [0.4, 0.5) is 0 Å². The number of hydrogen-bond acceptors (Lipinski definition) is 3. The van der Waals surface area contributed by atoms with Crippen LogP contribution in [0.25, 0.3) is 0 Å². The van der Waals surface area contributed by atoms with E-state index in [1.807, 2.05) is 13.8 Å². The molecule has 1 unspecified atom stereocenters. The summed E-state index contributed by atoms with van der Waals surface area (Å²) < 4.78 is 0. The minimum Gasteiger partial charge on any atom is -0.369 e. The van der Waals surface area contributed by atoms with Crippen LogP contribution in [0.15, 0.2) is 0 Å². The molecule has 5 N–H and O–H groups in total. The summed E-state index contributed by atoms with van der Waals surface area (Å²) in [5.41, 5.74) is 11.0. The van der Waals surface area contributed by atoms with E-state index in [2.05, 4.69) is 5.32 Å². The SMILES string of the molecule is CC(C)C(N)C(=O)NC1CCC(C(N)=O)CC1. The summed E-state index contributed by atoms with van der Waals surface area (Å²) in [6.07, 6.45) is 3.14. The lowest BCUT2D eigenvalue weighted by Crippen LogP contribution is -2.49. The van der Waals surface area contributed by atoms with Gasteiger partial charge in [0.1, 0.15) is 0 Å². The number of hydrogen-bond donors (Lipinski definition) is 3. The van der Waals surface area contributed by atoms with Gasteiger partial charge in [-0.3, -0.25) is 9.59 Å². The first-order valence-corrected chi connectivity index (χ1v) is 6.27. The highest BCUT2D eigenvalue weighted by Gasteiger charge is 2.27. The lowest BCUT2D eigenvalue weighted by Gasteiger charge is -2.28. The van der Waals surface area contributed by atoms with Crippen LogP contribution < -0.4 is 16.8 Å². The normalized spacial score (nSPS) is 26.6. The van der Waals surface area contributed by atoms with Crippen molar-refractivity contribution >= 4 is 11.8 Å². The van der Waals surface area contributed by atoms with Gasteiger partial charge in [-0.15, -0.1) is 0 Å². The van der Waals surface area contributed by atoms with Crippen LogP contribution in [-0.4, -0.2) is 23.9 Å². The summed E-state index contributed by atoms with van der Waals surface area (Å²) in [5.74, 6) is -0.213. The first kappa shape index (κ1) is 14.0. The zero-order valence-electron chi connectivity index (χ0n) is 10.6. The Morgan fingerprint density at radius 3 is 2.12 bits per heavy atom. The molecule has 0 aliphatic heterocycles. The Balaban J connectivity index is 2.35. The molecule has 0 aromatic rings. The molecule has 5 heteroatoms. The fourth-order valence-corrected chi connectivity index (χ4v) is 2.12. The van der Waals surface area contributed by atoms with Gasteiger partial charge < -0.3 is 16.8 Å². The average Bonchev–Trinajstić information content (AvgIpc) is 2.28. The lowest BCUT2D eigenvalue weighted by molar-refractivity contribution is -0.124. The Morgan fingerprint density at radius 1 is 1.18 bits per heavy atom. The van der Waals surface area contributed by atoms with E-state index in [4.69, 9.17) is 11.5 Å². The molecule has 1 fully saturated rings. The van der Waals surface area contributed by atoms with Crippen LogP contribution in [-0.2, 0) is 9.59 Å². The molecular formula is C12H23N3O2. The van der Waals surface area contributed by atoms with Gasteiger partial charge >= 0.3 is 0 Å². The quantitative estimate of drug-likeness (QED) is 0.652. The number of primary amides is 1. The second-order valence-corrected chi connectivity index (χ2v) is 5.23. The van der Waals surface area contributed by atoms with Crippen molar-refractivity contribution in [3.63, 3.8) is 0 Å². The summed E-state index contributed by atoms with van der Waals surface area (Å²) in [6, 6.07) is -0.313. The third-order valence-corrected chi connectivity index (χ3v) is 3.50. The maximum Gasteiger partial charge on any atom is 0.237 e. The molecule has 1 aliphatic carbocycles. The van der Waals surface area contributed by atoms with E-state index < -0.39 is 6.04 Å². The van der Waals surface area contributed by atoms with E-state index in [0.29, 0.717) is 0 Å². The fourth-order valence-electron chi connectivity index (χ4n) is 2.12. The van der Waals surface area contributed by atoms with Crippen LogP contribution in [0.2, 0.25) is 0 Å². The van der Waals surface area contributed by atoms with Crippen LogP contribution in [0, 0.1) is 11.8 Å². The summed E-state index contributed by atoms with van der Waals surface area (Å²) in [7, 11) is 0. The predicted octanol–water partition coefficient (Wildman–Crippen LogP) is 0.130. The number of nitrogens with two attached hydrogens (primary N) is 2. The van der Waals surface area contributed by atoms with E-state index in [0.717, 1.165) is 25.7 Å². The van der Waals surface area contributed by atoms with Crippen molar-refractivity contribution in [2.24, 2.45) is 23.3 Å². The Labute approximate surface area is 102 Å². The van der Waals surface area contributed by atoms with Crippen molar-refractivity contribution in [1.29, 1.82) is 0 Å². The fraction of sp³-hybridized carbons (Fsp3) is 0.833. The Kier molecular flexibility index (Phi) is 4.93. The molecule has 0 aromatic heterocycles. The smallest absolute Gasteiger partial charge is 0.237 e. The first-order chi connectivity index (χ1) is 7.91. The molecule has 1 rings (SSSR count). The van der Waals surface area contributed by atoms with Gasteiger partial charge in [-0.1, -0.05) is 13.8 Å². The predicted molar refractivity (Wildman–Crippen MR) is 65.9 cm³/mol. The highest BCUT2D eigenvalue weighted by molar-refractivity contribution is 5.82. The van der Waals surface area contributed by atoms with Gasteiger partial charge in [0, 0.05) is 12.0 Å². The van der Waals surface area contributed by atoms with Crippen molar-refractivity contribution in [3.05, 3.63) is 0 Å². The molecule has 1 saturated carbocycles. The molecule has 5 nitrogen and oxygen atoms in total. The molecule has 0 heterocycles. The summed E-state index contributed by atoms with van der Waals surface area (Å²) in [5, 5.41) is 2.94. The van der Waals surface area contributed by atoms with E-state index in [-0.39, 0.29) is 29.7 Å². The van der Waals surface area contributed by atoms with Crippen molar-refractivity contribution in [2.75, 3.05) is 0 Å². The molecule has 0 radical (unpaired) electrons. The second-order valence-electron chi connectivity index (χ2n) is 5.23. The van der Waals surface area contributed by atoms with E-state index >= 15 is 0 Å². The molecule has 1 atom stereocenters. The second kappa shape index (κ2) is 6.00. The molecule has 98 valence electrons. The summed E-state index contributed by atoms with van der Waals surface area (Å²) in [6.45, 7) is 3.85. The number of carbonyl (C=O) groups is 2. The van der Waals surface area contributed by atoms with Crippen molar-refractivity contribution in [2.45, 2.75) is 51.6 Å². The molecule has 0 saturated heterocycles. The topological polar surface area (TPSA) is 98.2 Å². The first-order valence-electron chi connectivity index (χ1n) is 6.27. The van der Waals surface area contributed by atoms with Crippen LogP contribution >= 0.6 is 0 Å². The number of carbonyl (C=O) groups excluding carboxylic acids is 2. The molecule has 0 bridgehead atoms. The van der Waals surface area contributed by atoms with Crippen LogP contribution in [0.5, 0.6) is 0 Å². The lowest BCUT2D eigenvalue weighted by atomic mass is 9.85. The van der Waals surface area contributed by atoms with Gasteiger partial charge in [0.2, 0.25) is 11.8 Å². The molecule has 2 amide bonds. The minimum absolute atomic E-state index is 0.0260. The zero-order chi connectivity index (χ0) is 13.0. The Morgan fingerprint density at radius 2 is 1.71 bits per heavy atom. The molecule has 1 aliphatic rings. The maximum absolute atomic E-state index is 11.7. The number of rotatable bonds is 4. The van der Waals surface area contributed by atoms with Gasteiger partial charge in [0.15, 0.2) is 0 Å². The van der Waals surface area contributed by atoms with Gasteiger partial charge in [0.25, 0.3) is 0 Å². The standard InChI is InChI=1S/C12H23N3O2/c1-7(2)10(13)12(17)15-9-5-3-8(4-6-9)11(14)16/h7-10H,3-6,13H2,1-2H3,(H2,14,16)(H,15,17). The van der Waals surface area contributed by atoms with Crippen molar-refractivity contribution in [1.82, 2.24) is 5.32 Å². The number of nitrogens with one attached hydrogen (secondary N) is 1. The molecule has 0 spiro atoms. The third kappa shape index (κ3) is 4.00. The van der Waals surface area contributed by atoms with Crippen LogP contribution in [0.1, 0.15) is 39.5 Å². The monoisotopic (exact) mass is 241 g/mol. The highest BCUT2D eigenvalue weighted by atomic mass is 16.2. The molecular weight excluding hydrogens is 218 g/mol. The van der Waals surface area contributed by atoms with E-state index in [1.54, 1.807) is 0 Å². The van der Waals surface area contributed by atoms with Crippen LogP contribution in [0.3, 0.4) is 0 Å². The Hall–Kier alpha value is -1.10. The highest BCUT2D eigenvalue weighted by Crippen LogP contribution is 2.23. The van der Waals surface area contributed by atoms with Crippen molar-refractivity contribution < 1.29 is 9.59 Å². The average molecular weight is 241 g/mol. The summed E-state index contributed by atoms with van der Waals surface area (Å²) >= 11 is 0. The van der Waals surface area contributed by atoms with E-state index in [1.165, 1.54) is 0 Å². The Bertz CT molecular complexity index is 283. The maximum atomic E-state index is 11.7. The summed E-state index contributed by atoms with van der Waals surface area (Å²) in [4.78, 5) is 22.7. The number of amides is 2. The van der Waals surface area contributed by atoms with Gasteiger partial charge in [-0.05, 0) is 31.6 Å². The third-order valence-electron chi connectivity index (χ3n) is 3.50. The van der Waals surface area contributed by atoms with Gasteiger partial charge in [-0.2, -0.15) is 0 Å². The molecule has 0 aromatic carbocycles. The zero-order valence-corrected chi connectivity index (χ0v) is 10.6. The largest absolute Gasteiger partial charge is 0.369 e. The van der Waals surface area contributed by atoms with Gasteiger partial charge in [-0.25, -0.2) is 0 Å². The van der Waals surface area contributed by atoms with Crippen molar-refractivity contribution in [3.8, 4) is 0 Å².